The quantitative estimate of drug-likeness (QED) is 0.881. The second-order valence-corrected chi connectivity index (χ2v) is 4.49. The lowest BCUT2D eigenvalue weighted by atomic mass is 10.2. The van der Waals surface area contributed by atoms with Gasteiger partial charge in [0.25, 0.3) is 0 Å². The van der Waals surface area contributed by atoms with Crippen molar-refractivity contribution in [3.05, 3.63) is 28.8 Å². The summed E-state index contributed by atoms with van der Waals surface area (Å²) in [4.78, 5) is 13.2. The SMILES string of the molecule is Cc1ccc(Cl)c(NC(C)C(=O)N(C)C)c1. The molecule has 0 aliphatic heterocycles. The number of nitrogens with one attached hydrogen (secondary N) is 1. The summed E-state index contributed by atoms with van der Waals surface area (Å²) < 4.78 is 0. The maximum absolute atomic E-state index is 11.7. The average molecular weight is 241 g/mol. The third-order valence-electron chi connectivity index (χ3n) is 2.31. The molecule has 1 atom stereocenters. The smallest absolute Gasteiger partial charge is 0.244 e. The number of rotatable bonds is 3. The van der Waals surface area contributed by atoms with Gasteiger partial charge in [0.05, 0.1) is 10.7 Å². The van der Waals surface area contributed by atoms with Crippen LogP contribution in [0.4, 0.5) is 5.69 Å². The Morgan fingerprint density at radius 3 is 2.62 bits per heavy atom. The molecule has 0 spiro atoms. The Labute approximate surface area is 101 Å². The van der Waals surface area contributed by atoms with Gasteiger partial charge < -0.3 is 10.2 Å². The van der Waals surface area contributed by atoms with Crippen molar-refractivity contribution in [3.8, 4) is 0 Å². The van der Waals surface area contributed by atoms with E-state index in [2.05, 4.69) is 5.32 Å². The van der Waals surface area contributed by atoms with E-state index in [-0.39, 0.29) is 11.9 Å². The second kappa shape index (κ2) is 5.21. The first-order valence-corrected chi connectivity index (χ1v) is 5.53. The molecule has 1 N–H and O–H groups in total. The first kappa shape index (κ1) is 12.8. The minimum atomic E-state index is -0.283. The van der Waals surface area contributed by atoms with E-state index in [4.69, 9.17) is 11.6 Å². The molecule has 0 aliphatic carbocycles. The predicted octanol–water partition coefficient (Wildman–Crippen LogP) is 2.54. The van der Waals surface area contributed by atoms with E-state index in [1.165, 1.54) is 0 Å². The van der Waals surface area contributed by atoms with Gasteiger partial charge in [0.2, 0.25) is 5.91 Å². The van der Waals surface area contributed by atoms with E-state index >= 15 is 0 Å². The standard InChI is InChI=1S/C12H17ClN2O/c1-8-5-6-10(13)11(7-8)14-9(2)12(16)15(3)4/h5-7,9,14H,1-4H3. The number of aryl methyl sites for hydroxylation is 1. The molecular weight excluding hydrogens is 224 g/mol. The average Bonchev–Trinajstić information content (AvgIpc) is 2.22. The van der Waals surface area contributed by atoms with Gasteiger partial charge in [-0.2, -0.15) is 0 Å². The molecule has 0 radical (unpaired) electrons. The molecule has 0 aliphatic rings. The molecule has 0 fully saturated rings. The first-order valence-electron chi connectivity index (χ1n) is 5.15. The number of likely N-dealkylation sites (N-methyl/N-ethyl adjacent to an activating group) is 1. The van der Waals surface area contributed by atoms with Crippen molar-refractivity contribution in [1.29, 1.82) is 0 Å². The second-order valence-electron chi connectivity index (χ2n) is 4.08. The molecule has 1 rings (SSSR count). The molecule has 1 unspecified atom stereocenters. The lowest BCUT2D eigenvalue weighted by molar-refractivity contribution is -0.129. The highest BCUT2D eigenvalue weighted by atomic mass is 35.5. The van der Waals surface area contributed by atoms with E-state index in [0.717, 1.165) is 11.3 Å². The fourth-order valence-corrected chi connectivity index (χ4v) is 1.60. The maximum atomic E-state index is 11.7. The Kier molecular flexibility index (Phi) is 4.19. The van der Waals surface area contributed by atoms with Crippen LogP contribution in [0.2, 0.25) is 5.02 Å². The Hall–Kier alpha value is -1.22. The highest BCUT2D eigenvalue weighted by molar-refractivity contribution is 6.33. The number of benzene rings is 1. The number of amides is 1. The molecule has 0 bridgehead atoms. The monoisotopic (exact) mass is 240 g/mol. The third-order valence-corrected chi connectivity index (χ3v) is 2.63. The van der Waals surface area contributed by atoms with Crippen LogP contribution >= 0.6 is 11.6 Å². The Morgan fingerprint density at radius 2 is 2.06 bits per heavy atom. The van der Waals surface area contributed by atoms with Crippen LogP contribution in [0.3, 0.4) is 0 Å². The Bertz CT molecular complexity index is 391. The molecule has 1 aromatic carbocycles. The van der Waals surface area contributed by atoms with Crippen molar-refractivity contribution in [2.24, 2.45) is 0 Å². The van der Waals surface area contributed by atoms with Crippen molar-refractivity contribution in [2.75, 3.05) is 19.4 Å². The number of carbonyl (C=O) groups is 1. The van der Waals surface area contributed by atoms with Crippen molar-refractivity contribution in [2.45, 2.75) is 19.9 Å². The van der Waals surface area contributed by atoms with Crippen LogP contribution < -0.4 is 5.32 Å². The Morgan fingerprint density at radius 1 is 1.44 bits per heavy atom. The molecule has 0 saturated carbocycles. The summed E-state index contributed by atoms with van der Waals surface area (Å²) in [6.45, 7) is 3.81. The van der Waals surface area contributed by atoms with Crippen LogP contribution in [-0.2, 0) is 4.79 Å². The highest BCUT2D eigenvalue weighted by Crippen LogP contribution is 2.23. The van der Waals surface area contributed by atoms with Crippen molar-refractivity contribution in [3.63, 3.8) is 0 Å². The largest absolute Gasteiger partial charge is 0.373 e. The van der Waals surface area contributed by atoms with E-state index < -0.39 is 0 Å². The highest BCUT2D eigenvalue weighted by Gasteiger charge is 2.15. The number of anilines is 1. The topological polar surface area (TPSA) is 32.3 Å². The van der Waals surface area contributed by atoms with E-state index in [9.17, 15) is 4.79 Å². The molecule has 16 heavy (non-hydrogen) atoms. The number of hydrogen-bond donors (Lipinski definition) is 1. The maximum Gasteiger partial charge on any atom is 0.244 e. The fraction of sp³-hybridized carbons (Fsp3) is 0.417. The molecule has 1 aromatic rings. The fourth-order valence-electron chi connectivity index (χ4n) is 1.43. The lowest BCUT2D eigenvalue weighted by Gasteiger charge is -2.19. The van der Waals surface area contributed by atoms with Crippen molar-refractivity contribution < 1.29 is 4.79 Å². The Balaban J connectivity index is 2.80. The number of hydrogen-bond acceptors (Lipinski definition) is 2. The summed E-state index contributed by atoms with van der Waals surface area (Å²) in [5.41, 5.74) is 1.90. The molecule has 0 heterocycles. The number of halogens is 1. The number of nitrogens with zero attached hydrogens (tertiary/aromatic N) is 1. The van der Waals surface area contributed by atoms with Crippen LogP contribution in [0.15, 0.2) is 18.2 Å². The van der Waals surface area contributed by atoms with Gasteiger partial charge in [-0.3, -0.25) is 4.79 Å². The summed E-state index contributed by atoms with van der Waals surface area (Å²) in [7, 11) is 3.47. The van der Waals surface area contributed by atoms with Gasteiger partial charge in [0, 0.05) is 14.1 Å². The zero-order valence-corrected chi connectivity index (χ0v) is 10.8. The molecule has 88 valence electrons. The molecule has 4 heteroatoms. The van der Waals surface area contributed by atoms with Gasteiger partial charge in [-0.05, 0) is 31.5 Å². The van der Waals surface area contributed by atoms with Gasteiger partial charge >= 0.3 is 0 Å². The minimum Gasteiger partial charge on any atom is -0.373 e. The molecular formula is C12H17ClN2O. The van der Waals surface area contributed by atoms with E-state index in [1.54, 1.807) is 19.0 Å². The summed E-state index contributed by atoms with van der Waals surface area (Å²) >= 11 is 6.04. The van der Waals surface area contributed by atoms with Crippen LogP contribution in [0.25, 0.3) is 0 Å². The van der Waals surface area contributed by atoms with Crippen LogP contribution in [0.5, 0.6) is 0 Å². The first-order chi connectivity index (χ1) is 7.41. The zero-order valence-electron chi connectivity index (χ0n) is 10.0. The summed E-state index contributed by atoms with van der Waals surface area (Å²) in [6, 6.07) is 5.41. The normalized spacial score (nSPS) is 12.1. The molecule has 1 amide bonds. The van der Waals surface area contributed by atoms with Gasteiger partial charge in [-0.1, -0.05) is 17.7 Å². The van der Waals surface area contributed by atoms with Gasteiger partial charge in [0.15, 0.2) is 0 Å². The van der Waals surface area contributed by atoms with E-state index in [1.807, 2.05) is 32.0 Å². The van der Waals surface area contributed by atoms with Crippen LogP contribution in [0.1, 0.15) is 12.5 Å². The minimum absolute atomic E-state index is 0.0255. The zero-order chi connectivity index (χ0) is 12.3. The van der Waals surface area contributed by atoms with Gasteiger partial charge in [0.1, 0.15) is 6.04 Å². The van der Waals surface area contributed by atoms with Gasteiger partial charge in [-0.25, -0.2) is 0 Å². The molecule has 0 saturated heterocycles. The van der Waals surface area contributed by atoms with Gasteiger partial charge in [-0.15, -0.1) is 0 Å². The summed E-state index contributed by atoms with van der Waals surface area (Å²) in [6.07, 6.45) is 0. The number of carbonyl (C=O) groups excluding carboxylic acids is 1. The summed E-state index contributed by atoms with van der Waals surface area (Å²) in [5, 5.41) is 3.74. The van der Waals surface area contributed by atoms with Crippen LogP contribution in [-0.4, -0.2) is 30.9 Å². The lowest BCUT2D eigenvalue weighted by Crippen LogP contribution is -2.36. The molecule has 3 nitrogen and oxygen atoms in total. The van der Waals surface area contributed by atoms with Crippen molar-refractivity contribution in [1.82, 2.24) is 4.90 Å². The van der Waals surface area contributed by atoms with Crippen LogP contribution in [0, 0.1) is 6.92 Å². The van der Waals surface area contributed by atoms with Crippen molar-refractivity contribution >= 4 is 23.2 Å². The molecule has 0 aromatic heterocycles. The third kappa shape index (κ3) is 3.14. The summed E-state index contributed by atoms with van der Waals surface area (Å²) in [5.74, 6) is 0.0255. The predicted molar refractivity (Wildman–Crippen MR) is 68.0 cm³/mol. The van der Waals surface area contributed by atoms with E-state index in [0.29, 0.717) is 5.02 Å².